The van der Waals surface area contributed by atoms with Gasteiger partial charge in [0, 0.05) is 39.3 Å². The van der Waals surface area contributed by atoms with E-state index in [1.807, 2.05) is 30.3 Å². The van der Waals surface area contributed by atoms with E-state index in [2.05, 4.69) is 16.7 Å². The van der Waals surface area contributed by atoms with Crippen molar-refractivity contribution in [3.8, 4) is 0 Å². The molecule has 3 aliphatic heterocycles. The predicted octanol–water partition coefficient (Wildman–Crippen LogP) is 2.22. The lowest BCUT2D eigenvalue weighted by Crippen LogP contribution is -2.41. The summed E-state index contributed by atoms with van der Waals surface area (Å²) in [7, 11) is 0. The van der Waals surface area contributed by atoms with Crippen LogP contribution in [0.25, 0.3) is 5.57 Å². The van der Waals surface area contributed by atoms with E-state index in [9.17, 15) is 9.59 Å². The Hall–Kier alpha value is -2.18. The number of piperidine rings is 1. The number of amides is 2. The molecular weight excluding hydrogens is 366 g/mol. The van der Waals surface area contributed by atoms with Crippen LogP contribution in [-0.2, 0) is 14.3 Å². The van der Waals surface area contributed by atoms with E-state index >= 15 is 0 Å². The number of likely N-dealkylation sites (tertiary alicyclic amines) is 1. The first kappa shape index (κ1) is 20.1. The maximum absolute atomic E-state index is 13.3. The number of nitrogens with zero attached hydrogens (tertiary/aromatic N) is 3. The van der Waals surface area contributed by atoms with Crippen LogP contribution >= 0.6 is 0 Å². The Morgan fingerprint density at radius 1 is 0.931 bits per heavy atom. The summed E-state index contributed by atoms with van der Waals surface area (Å²) >= 11 is 0. The van der Waals surface area contributed by atoms with Crippen molar-refractivity contribution in [2.24, 2.45) is 5.92 Å². The number of carbonyl (C=O) groups is 2. The Morgan fingerprint density at radius 2 is 1.62 bits per heavy atom. The normalized spacial score (nSPS) is 22.1. The molecule has 0 saturated carbocycles. The first-order chi connectivity index (χ1) is 14.1. The third-order valence-corrected chi connectivity index (χ3v) is 6.27. The number of imide groups is 1. The largest absolute Gasteiger partial charge is 0.379 e. The van der Waals surface area contributed by atoms with Crippen LogP contribution in [0.2, 0.25) is 0 Å². The number of carbonyl (C=O) groups excluding carboxylic acids is 2. The van der Waals surface area contributed by atoms with Gasteiger partial charge in [-0.3, -0.25) is 19.4 Å². The van der Waals surface area contributed by atoms with Gasteiger partial charge in [-0.05, 0) is 30.7 Å². The summed E-state index contributed by atoms with van der Waals surface area (Å²) in [5, 5.41) is 0. The van der Waals surface area contributed by atoms with Gasteiger partial charge in [-0.25, -0.2) is 0 Å². The van der Waals surface area contributed by atoms with Gasteiger partial charge in [0.25, 0.3) is 11.8 Å². The highest BCUT2D eigenvalue weighted by atomic mass is 16.5. The van der Waals surface area contributed by atoms with E-state index in [-0.39, 0.29) is 11.8 Å². The maximum Gasteiger partial charge on any atom is 0.277 e. The van der Waals surface area contributed by atoms with Crippen molar-refractivity contribution in [3.63, 3.8) is 0 Å². The minimum absolute atomic E-state index is 0.120. The zero-order chi connectivity index (χ0) is 20.2. The zero-order valence-electron chi connectivity index (χ0n) is 17.3. The molecule has 0 atom stereocenters. The molecule has 2 fully saturated rings. The Balaban J connectivity index is 1.51. The van der Waals surface area contributed by atoms with Gasteiger partial charge in [0.2, 0.25) is 0 Å². The Bertz CT molecular complexity index is 763. The molecule has 1 aromatic carbocycles. The molecule has 0 bridgehead atoms. The third-order valence-electron chi connectivity index (χ3n) is 6.27. The van der Waals surface area contributed by atoms with Gasteiger partial charge in [0.05, 0.1) is 18.8 Å². The molecule has 2 amide bonds. The molecule has 6 nitrogen and oxygen atoms in total. The smallest absolute Gasteiger partial charge is 0.277 e. The van der Waals surface area contributed by atoms with Crippen LogP contribution in [0.1, 0.15) is 31.7 Å². The molecule has 4 rings (SSSR count). The predicted molar refractivity (Wildman–Crippen MR) is 112 cm³/mol. The highest BCUT2D eigenvalue weighted by Crippen LogP contribution is 2.33. The number of hydrogen-bond acceptors (Lipinski definition) is 5. The van der Waals surface area contributed by atoms with E-state index in [4.69, 9.17) is 4.74 Å². The molecule has 0 radical (unpaired) electrons. The molecular formula is C23H31N3O3. The van der Waals surface area contributed by atoms with Gasteiger partial charge in [0.15, 0.2) is 0 Å². The third kappa shape index (κ3) is 4.38. The standard InChI is InChI=1S/C23H31N3O3/c1-18-8-12-25(13-9-18)21-20(19-6-3-2-4-7-19)22(27)26(23(21)28)11-5-10-24-14-16-29-17-15-24/h2-4,6-7,18H,5,8-17H2,1H3. The number of rotatable bonds is 6. The quantitative estimate of drug-likeness (QED) is 0.689. The van der Waals surface area contributed by atoms with Crippen molar-refractivity contribution < 1.29 is 14.3 Å². The van der Waals surface area contributed by atoms with E-state index in [1.165, 1.54) is 4.90 Å². The van der Waals surface area contributed by atoms with Crippen LogP contribution in [0.3, 0.4) is 0 Å². The van der Waals surface area contributed by atoms with Crippen LogP contribution in [0.5, 0.6) is 0 Å². The molecule has 0 unspecified atom stereocenters. The van der Waals surface area contributed by atoms with Crippen molar-refractivity contribution in [2.75, 3.05) is 52.5 Å². The molecule has 156 valence electrons. The van der Waals surface area contributed by atoms with Gasteiger partial charge >= 0.3 is 0 Å². The lowest BCUT2D eigenvalue weighted by atomic mass is 9.97. The highest BCUT2D eigenvalue weighted by molar-refractivity contribution is 6.35. The van der Waals surface area contributed by atoms with Crippen LogP contribution in [0, 0.1) is 5.92 Å². The van der Waals surface area contributed by atoms with E-state index in [0.717, 1.165) is 70.8 Å². The molecule has 3 aliphatic rings. The number of morpholine rings is 1. The van der Waals surface area contributed by atoms with E-state index in [1.54, 1.807) is 0 Å². The SMILES string of the molecule is CC1CCN(C2=C(c3ccccc3)C(=O)N(CCCN3CCOCC3)C2=O)CC1. The molecule has 1 aromatic rings. The minimum Gasteiger partial charge on any atom is -0.379 e. The number of hydrogen-bond donors (Lipinski definition) is 0. The molecule has 0 spiro atoms. The van der Waals surface area contributed by atoms with Crippen LogP contribution < -0.4 is 0 Å². The van der Waals surface area contributed by atoms with Crippen molar-refractivity contribution >= 4 is 17.4 Å². The number of benzene rings is 1. The summed E-state index contributed by atoms with van der Waals surface area (Å²) in [6, 6.07) is 9.66. The van der Waals surface area contributed by atoms with Crippen molar-refractivity contribution in [2.45, 2.75) is 26.2 Å². The second kappa shape index (κ2) is 9.09. The van der Waals surface area contributed by atoms with Crippen molar-refractivity contribution in [1.29, 1.82) is 0 Å². The maximum atomic E-state index is 13.3. The van der Waals surface area contributed by atoms with Crippen molar-refractivity contribution in [1.82, 2.24) is 14.7 Å². The van der Waals surface area contributed by atoms with Gasteiger partial charge in [0.1, 0.15) is 5.70 Å². The zero-order valence-corrected chi connectivity index (χ0v) is 17.3. The van der Waals surface area contributed by atoms with E-state index < -0.39 is 0 Å². The molecule has 0 N–H and O–H groups in total. The molecule has 29 heavy (non-hydrogen) atoms. The second-order valence-electron chi connectivity index (χ2n) is 8.33. The highest BCUT2D eigenvalue weighted by Gasteiger charge is 2.41. The fraction of sp³-hybridized carbons (Fsp3) is 0.565. The molecule has 3 heterocycles. The van der Waals surface area contributed by atoms with Crippen LogP contribution in [-0.4, -0.2) is 79.0 Å². The average Bonchev–Trinajstić information content (AvgIpc) is 3.00. The summed E-state index contributed by atoms with van der Waals surface area (Å²) in [6.45, 7) is 8.66. The van der Waals surface area contributed by atoms with Gasteiger partial charge in [-0.2, -0.15) is 0 Å². The van der Waals surface area contributed by atoms with Crippen LogP contribution in [0.15, 0.2) is 36.0 Å². The lowest BCUT2D eigenvalue weighted by Gasteiger charge is -2.32. The fourth-order valence-corrected chi connectivity index (χ4v) is 4.43. The van der Waals surface area contributed by atoms with Gasteiger partial charge in [-0.1, -0.05) is 37.3 Å². The van der Waals surface area contributed by atoms with E-state index in [0.29, 0.717) is 23.7 Å². The van der Waals surface area contributed by atoms with Crippen LogP contribution in [0.4, 0.5) is 0 Å². The first-order valence-electron chi connectivity index (χ1n) is 10.9. The van der Waals surface area contributed by atoms with Crippen molar-refractivity contribution in [3.05, 3.63) is 41.6 Å². The fourth-order valence-electron chi connectivity index (χ4n) is 4.43. The summed E-state index contributed by atoms with van der Waals surface area (Å²) in [5.74, 6) is 0.408. The molecule has 0 aromatic heterocycles. The summed E-state index contributed by atoms with van der Waals surface area (Å²) in [5.41, 5.74) is 2.03. The molecule has 6 heteroatoms. The second-order valence-corrected chi connectivity index (χ2v) is 8.33. The van der Waals surface area contributed by atoms with Gasteiger partial charge in [-0.15, -0.1) is 0 Å². The Labute approximate surface area is 173 Å². The lowest BCUT2D eigenvalue weighted by molar-refractivity contribution is -0.137. The summed E-state index contributed by atoms with van der Waals surface area (Å²) in [4.78, 5) is 32.6. The summed E-state index contributed by atoms with van der Waals surface area (Å²) in [6.07, 6.45) is 2.91. The van der Waals surface area contributed by atoms with Gasteiger partial charge < -0.3 is 9.64 Å². The monoisotopic (exact) mass is 397 g/mol. The molecule has 0 aliphatic carbocycles. The molecule has 2 saturated heterocycles. The Kier molecular flexibility index (Phi) is 6.31. The summed E-state index contributed by atoms with van der Waals surface area (Å²) < 4.78 is 5.39. The topological polar surface area (TPSA) is 53.1 Å². The first-order valence-corrected chi connectivity index (χ1v) is 10.9. The number of ether oxygens (including phenoxy) is 1. The minimum atomic E-state index is -0.142. The average molecular weight is 398 g/mol. The Morgan fingerprint density at radius 3 is 2.31 bits per heavy atom.